The van der Waals surface area contributed by atoms with E-state index < -0.39 is 5.97 Å². The van der Waals surface area contributed by atoms with E-state index in [1.165, 1.54) is 0 Å². The molecule has 0 aliphatic rings. The summed E-state index contributed by atoms with van der Waals surface area (Å²) in [6.07, 6.45) is 0.798. The maximum absolute atomic E-state index is 11.8. The van der Waals surface area contributed by atoms with Crippen molar-refractivity contribution in [1.29, 1.82) is 0 Å². The van der Waals surface area contributed by atoms with Gasteiger partial charge in [-0.3, -0.25) is 14.4 Å². The number of benzene rings is 1. The van der Waals surface area contributed by atoms with E-state index in [-0.39, 0.29) is 30.2 Å². The molecule has 23 heavy (non-hydrogen) atoms. The molecule has 0 fully saturated rings. The first-order chi connectivity index (χ1) is 10.7. The first-order valence-electron chi connectivity index (χ1n) is 7.53. The molecule has 0 atom stereocenters. The Labute approximate surface area is 136 Å². The summed E-state index contributed by atoms with van der Waals surface area (Å²) in [5, 5.41) is 14.0. The highest BCUT2D eigenvalue weighted by molar-refractivity contribution is 5.94. The molecular formula is C17H24N2O4. The Hall–Kier alpha value is -2.37. The van der Waals surface area contributed by atoms with Gasteiger partial charge in [-0.15, -0.1) is 0 Å². The van der Waals surface area contributed by atoms with Crippen molar-refractivity contribution in [3.8, 4) is 0 Å². The molecule has 0 aliphatic carbocycles. The average Bonchev–Trinajstić information content (AvgIpc) is 2.41. The molecule has 6 nitrogen and oxygen atoms in total. The van der Waals surface area contributed by atoms with E-state index >= 15 is 0 Å². The van der Waals surface area contributed by atoms with Crippen molar-refractivity contribution in [2.45, 2.75) is 40.0 Å². The number of carboxylic acid groups (broad SMARTS) is 1. The Kier molecular flexibility index (Phi) is 6.75. The van der Waals surface area contributed by atoms with Crippen LogP contribution in [-0.2, 0) is 20.8 Å². The number of hydrogen-bond acceptors (Lipinski definition) is 3. The number of carbonyl (C=O) groups is 3. The van der Waals surface area contributed by atoms with Crippen LogP contribution in [0, 0.1) is 5.41 Å². The predicted molar refractivity (Wildman–Crippen MR) is 88.1 cm³/mol. The van der Waals surface area contributed by atoms with Crippen molar-refractivity contribution < 1.29 is 19.5 Å². The van der Waals surface area contributed by atoms with E-state index in [0.29, 0.717) is 18.5 Å². The van der Waals surface area contributed by atoms with Gasteiger partial charge in [-0.25, -0.2) is 0 Å². The summed E-state index contributed by atoms with van der Waals surface area (Å²) in [5.74, 6) is -1.34. The summed E-state index contributed by atoms with van der Waals surface area (Å²) in [7, 11) is 0. The van der Waals surface area contributed by atoms with Crippen LogP contribution in [0.5, 0.6) is 0 Å². The molecule has 0 heterocycles. The monoisotopic (exact) mass is 320 g/mol. The molecule has 3 N–H and O–H groups in total. The van der Waals surface area contributed by atoms with E-state index in [9.17, 15) is 14.4 Å². The summed E-state index contributed by atoms with van der Waals surface area (Å²) in [6, 6.07) is 7.02. The number of rotatable bonds is 7. The fourth-order valence-corrected chi connectivity index (χ4v) is 1.98. The van der Waals surface area contributed by atoms with Crippen molar-refractivity contribution in [2.75, 3.05) is 11.9 Å². The lowest BCUT2D eigenvalue weighted by atomic mass is 9.92. The molecule has 0 unspecified atom stereocenters. The Morgan fingerprint density at radius 2 is 1.83 bits per heavy atom. The molecule has 1 aromatic carbocycles. The second-order valence-electron chi connectivity index (χ2n) is 6.66. The van der Waals surface area contributed by atoms with Gasteiger partial charge in [0.1, 0.15) is 0 Å². The minimum absolute atomic E-state index is 0.0419. The van der Waals surface area contributed by atoms with Gasteiger partial charge in [0, 0.05) is 18.5 Å². The minimum atomic E-state index is -0.860. The maximum Gasteiger partial charge on any atom is 0.303 e. The molecular weight excluding hydrogens is 296 g/mol. The van der Waals surface area contributed by atoms with Crippen LogP contribution in [0.4, 0.5) is 5.69 Å². The molecule has 1 rings (SSSR count). The van der Waals surface area contributed by atoms with Gasteiger partial charge in [-0.2, -0.15) is 0 Å². The topological polar surface area (TPSA) is 95.5 Å². The summed E-state index contributed by atoms with van der Waals surface area (Å²) >= 11 is 0. The van der Waals surface area contributed by atoms with Gasteiger partial charge in [-0.05, 0) is 29.5 Å². The van der Waals surface area contributed by atoms with Gasteiger partial charge < -0.3 is 15.7 Å². The summed E-state index contributed by atoms with van der Waals surface area (Å²) < 4.78 is 0. The van der Waals surface area contributed by atoms with Crippen LogP contribution >= 0.6 is 0 Å². The Morgan fingerprint density at radius 3 is 2.43 bits per heavy atom. The van der Waals surface area contributed by atoms with Gasteiger partial charge >= 0.3 is 5.97 Å². The van der Waals surface area contributed by atoms with Crippen LogP contribution in [0.3, 0.4) is 0 Å². The van der Waals surface area contributed by atoms with E-state index in [2.05, 4.69) is 10.6 Å². The lowest BCUT2D eigenvalue weighted by molar-refractivity contribution is -0.137. The van der Waals surface area contributed by atoms with Crippen molar-refractivity contribution in [2.24, 2.45) is 5.41 Å². The molecule has 0 aliphatic heterocycles. The number of hydrogen-bond donors (Lipinski definition) is 3. The standard InChI is InChI=1S/C17H24N2O4/c1-17(2,3)10-14(20)18-11-15(21)19-13-6-4-5-12(9-13)7-8-16(22)23/h4-6,9H,7-8,10-11H2,1-3H3,(H,18,20)(H,19,21)(H,22,23). The van der Waals surface area contributed by atoms with E-state index in [1.54, 1.807) is 18.2 Å². The van der Waals surface area contributed by atoms with Crippen LogP contribution in [-0.4, -0.2) is 29.4 Å². The zero-order chi connectivity index (χ0) is 17.5. The highest BCUT2D eigenvalue weighted by atomic mass is 16.4. The van der Waals surface area contributed by atoms with Crippen LogP contribution in [0.25, 0.3) is 0 Å². The first-order valence-corrected chi connectivity index (χ1v) is 7.53. The molecule has 0 saturated carbocycles. The second kappa shape index (κ2) is 8.31. The van der Waals surface area contributed by atoms with Crippen LogP contribution in [0.1, 0.15) is 39.2 Å². The quantitative estimate of drug-likeness (QED) is 0.717. The first kappa shape index (κ1) is 18.7. The summed E-state index contributed by atoms with van der Waals surface area (Å²) in [4.78, 5) is 34.1. The number of carbonyl (C=O) groups excluding carboxylic acids is 2. The second-order valence-corrected chi connectivity index (χ2v) is 6.66. The van der Waals surface area contributed by atoms with Crippen molar-refractivity contribution in [3.05, 3.63) is 29.8 Å². The molecule has 0 aromatic heterocycles. The maximum atomic E-state index is 11.8. The molecule has 0 saturated heterocycles. The third-order valence-electron chi connectivity index (χ3n) is 2.98. The van der Waals surface area contributed by atoms with Crippen molar-refractivity contribution in [3.63, 3.8) is 0 Å². The predicted octanol–water partition coefficient (Wildman–Crippen LogP) is 2.19. The number of nitrogens with one attached hydrogen (secondary N) is 2. The van der Waals surface area contributed by atoms with E-state index in [1.807, 2.05) is 26.8 Å². The lowest BCUT2D eigenvalue weighted by Gasteiger charge is -2.17. The molecule has 1 aromatic rings. The summed E-state index contributed by atoms with van der Waals surface area (Å²) in [5.41, 5.74) is 1.30. The Bertz CT molecular complexity index is 576. The SMILES string of the molecule is CC(C)(C)CC(=O)NCC(=O)Nc1cccc(CCC(=O)O)c1. The molecule has 0 radical (unpaired) electrons. The van der Waals surface area contributed by atoms with Crippen molar-refractivity contribution in [1.82, 2.24) is 5.32 Å². The smallest absolute Gasteiger partial charge is 0.303 e. The Morgan fingerprint density at radius 1 is 1.13 bits per heavy atom. The van der Waals surface area contributed by atoms with Gasteiger partial charge in [0.2, 0.25) is 11.8 Å². The lowest BCUT2D eigenvalue weighted by Crippen LogP contribution is -2.34. The fourth-order valence-electron chi connectivity index (χ4n) is 1.98. The molecule has 0 spiro atoms. The number of aryl methyl sites for hydroxylation is 1. The number of carboxylic acids is 1. The summed E-state index contributed by atoms with van der Waals surface area (Å²) in [6.45, 7) is 5.77. The highest BCUT2D eigenvalue weighted by Crippen LogP contribution is 2.17. The number of anilines is 1. The van der Waals surface area contributed by atoms with Gasteiger partial charge in [-0.1, -0.05) is 32.9 Å². The molecule has 6 heteroatoms. The third kappa shape index (κ3) is 8.60. The zero-order valence-corrected chi connectivity index (χ0v) is 13.8. The number of amides is 2. The molecule has 0 bridgehead atoms. The van der Waals surface area contributed by atoms with Gasteiger partial charge in [0.25, 0.3) is 0 Å². The van der Waals surface area contributed by atoms with Crippen LogP contribution in [0.2, 0.25) is 0 Å². The third-order valence-corrected chi connectivity index (χ3v) is 2.98. The van der Waals surface area contributed by atoms with Crippen molar-refractivity contribution >= 4 is 23.5 Å². The van der Waals surface area contributed by atoms with Crippen LogP contribution < -0.4 is 10.6 Å². The van der Waals surface area contributed by atoms with E-state index in [0.717, 1.165) is 5.56 Å². The number of aliphatic carboxylic acids is 1. The normalized spacial score (nSPS) is 10.9. The minimum Gasteiger partial charge on any atom is -0.481 e. The molecule has 126 valence electrons. The average molecular weight is 320 g/mol. The van der Waals surface area contributed by atoms with E-state index in [4.69, 9.17) is 5.11 Å². The van der Waals surface area contributed by atoms with Gasteiger partial charge in [0.15, 0.2) is 0 Å². The fraction of sp³-hybridized carbons (Fsp3) is 0.471. The van der Waals surface area contributed by atoms with Gasteiger partial charge in [0.05, 0.1) is 6.54 Å². The zero-order valence-electron chi connectivity index (χ0n) is 13.8. The highest BCUT2D eigenvalue weighted by Gasteiger charge is 2.16. The Balaban J connectivity index is 2.46. The largest absolute Gasteiger partial charge is 0.481 e. The van der Waals surface area contributed by atoms with Crippen LogP contribution in [0.15, 0.2) is 24.3 Å². The molecule has 2 amide bonds.